The molecule has 0 aromatic carbocycles. The molecule has 1 N–H and O–H groups in total. The first-order valence-electron chi connectivity index (χ1n) is 6.61. The van der Waals surface area contributed by atoms with Crippen LogP contribution in [0.15, 0.2) is 0 Å². The second kappa shape index (κ2) is 5.28. The highest BCUT2D eigenvalue weighted by Crippen LogP contribution is 2.34. The number of likely N-dealkylation sites (tertiary alicyclic amines) is 1. The van der Waals surface area contributed by atoms with Gasteiger partial charge in [-0.1, -0.05) is 13.8 Å². The lowest BCUT2D eigenvalue weighted by Crippen LogP contribution is -2.50. The molecule has 0 aromatic heterocycles. The van der Waals surface area contributed by atoms with Crippen molar-refractivity contribution in [1.82, 2.24) is 10.2 Å². The summed E-state index contributed by atoms with van der Waals surface area (Å²) in [7, 11) is 2.26. The van der Waals surface area contributed by atoms with Crippen molar-refractivity contribution in [2.75, 3.05) is 31.6 Å². The van der Waals surface area contributed by atoms with E-state index in [1.807, 2.05) is 0 Å². The smallest absolute Gasteiger partial charge is 0.0218 e. The van der Waals surface area contributed by atoms with Crippen LogP contribution in [0.25, 0.3) is 0 Å². The Hall–Kier alpha value is 0.270. The Bertz CT molecular complexity index is 230. The van der Waals surface area contributed by atoms with E-state index in [9.17, 15) is 0 Å². The number of hydrogen-bond acceptors (Lipinski definition) is 3. The van der Waals surface area contributed by atoms with Gasteiger partial charge >= 0.3 is 0 Å². The minimum atomic E-state index is 0.489. The average Bonchev–Trinajstić information content (AvgIpc) is 2.62. The third-order valence-electron chi connectivity index (χ3n) is 4.39. The molecule has 2 unspecified atom stereocenters. The first-order valence-corrected chi connectivity index (χ1v) is 7.76. The number of nitrogens with one attached hydrogen (secondary N) is 1. The molecule has 0 aromatic rings. The van der Waals surface area contributed by atoms with Crippen LogP contribution < -0.4 is 5.32 Å². The highest BCUT2D eigenvalue weighted by Gasteiger charge is 2.33. The Morgan fingerprint density at radius 3 is 2.88 bits per heavy atom. The van der Waals surface area contributed by atoms with Crippen LogP contribution in [0.4, 0.5) is 0 Å². The fourth-order valence-corrected chi connectivity index (χ4v) is 4.43. The predicted octanol–water partition coefficient (Wildman–Crippen LogP) is 2.20. The molecular weight excluding hydrogens is 216 g/mol. The quantitative estimate of drug-likeness (QED) is 0.817. The number of hydrogen-bond donors (Lipinski definition) is 1. The van der Waals surface area contributed by atoms with Gasteiger partial charge in [0, 0.05) is 24.4 Å². The van der Waals surface area contributed by atoms with Crippen molar-refractivity contribution in [3.05, 3.63) is 0 Å². The van der Waals surface area contributed by atoms with Crippen LogP contribution >= 0.6 is 11.8 Å². The van der Waals surface area contributed by atoms with Crippen LogP contribution in [0, 0.1) is 5.41 Å². The van der Waals surface area contributed by atoms with Crippen molar-refractivity contribution in [1.29, 1.82) is 0 Å². The molecule has 0 amide bonds. The van der Waals surface area contributed by atoms with Gasteiger partial charge in [-0.3, -0.25) is 0 Å². The van der Waals surface area contributed by atoms with Gasteiger partial charge in [0.2, 0.25) is 0 Å². The van der Waals surface area contributed by atoms with Gasteiger partial charge in [-0.05, 0) is 44.0 Å². The average molecular weight is 242 g/mol. The van der Waals surface area contributed by atoms with E-state index < -0.39 is 0 Å². The third kappa shape index (κ3) is 2.93. The van der Waals surface area contributed by atoms with E-state index >= 15 is 0 Å². The van der Waals surface area contributed by atoms with E-state index in [1.54, 1.807) is 0 Å². The zero-order valence-electron chi connectivity index (χ0n) is 11.0. The van der Waals surface area contributed by atoms with Crippen molar-refractivity contribution >= 4 is 11.8 Å². The zero-order chi connectivity index (χ0) is 11.6. The lowest BCUT2D eigenvalue weighted by atomic mass is 9.82. The molecular formula is C13H26N2S. The maximum atomic E-state index is 3.82. The summed E-state index contributed by atoms with van der Waals surface area (Å²) < 4.78 is 0. The van der Waals surface area contributed by atoms with Gasteiger partial charge in [0.25, 0.3) is 0 Å². The van der Waals surface area contributed by atoms with Crippen LogP contribution in [0.5, 0.6) is 0 Å². The number of thioether (sulfide) groups is 1. The van der Waals surface area contributed by atoms with Crippen LogP contribution in [0.1, 0.15) is 33.1 Å². The maximum absolute atomic E-state index is 3.82. The summed E-state index contributed by atoms with van der Waals surface area (Å²) in [6.07, 6.45) is 4.12. The molecule has 2 nitrogen and oxygen atoms in total. The molecule has 0 saturated carbocycles. The fourth-order valence-electron chi connectivity index (χ4n) is 2.79. The van der Waals surface area contributed by atoms with Crippen molar-refractivity contribution in [3.8, 4) is 0 Å². The molecule has 2 rings (SSSR count). The number of likely N-dealkylation sites (N-methyl/N-ethyl adjacent to an activating group) is 1. The van der Waals surface area contributed by atoms with Crippen molar-refractivity contribution in [2.45, 2.75) is 45.2 Å². The maximum Gasteiger partial charge on any atom is 0.0218 e. The van der Waals surface area contributed by atoms with E-state index in [0.29, 0.717) is 11.5 Å². The first-order chi connectivity index (χ1) is 7.59. The third-order valence-corrected chi connectivity index (χ3v) is 5.45. The van der Waals surface area contributed by atoms with E-state index in [-0.39, 0.29) is 0 Å². The second-order valence-corrected chi connectivity index (χ2v) is 7.20. The van der Waals surface area contributed by atoms with Crippen LogP contribution in [0.3, 0.4) is 0 Å². The fraction of sp³-hybridized carbons (Fsp3) is 1.00. The summed E-state index contributed by atoms with van der Waals surface area (Å²) in [5.74, 6) is 2.64. The van der Waals surface area contributed by atoms with E-state index in [1.165, 1.54) is 43.9 Å². The normalized spacial score (nSPS) is 35.4. The topological polar surface area (TPSA) is 15.3 Å². The van der Waals surface area contributed by atoms with Gasteiger partial charge < -0.3 is 10.2 Å². The molecule has 16 heavy (non-hydrogen) atoms. The molecule has 94 valence electrons. The Kier molecular flexibility index (Phi) is 4.20. The largest absolute Gasteiger partial charge is 0.311 e. The van der Waals surface area contributed by atoms with Crippen molar-refractivity contribution in [2.24, 2.45) is 5.41 Å². The molecule has 3 heteroatoms. The van der Waals surface area contributed by atoms with E-state index in [2.05, 4.69) is 42.9 Å². The summed E-state index contributed by atoms with van der Waals surface area (Å²) in [5, 5.41) is 3.82. The van der Waals surface area contributed by atoms with Gasteiger partial charge in [-0.15, -0.1) is 0 Å². The molecule has 0 spiro atoms. The zero-order valence-corrected chi connectivity index (χ0v) is 11.8. The Morgan fingerprint density at radius 2 is 2.25 bits per heavy atom. The molecule has 0 aliphatic carbocycles. The highest BCUT2D eigenvalue weighted by atomic mass is 32.2. The van der Waals surface area contributed by atoms with Crippen molar-refractivity contribution in [3.63, 3.8) is 0 Å². The lowest BCUT2D eigenvalue weighted by Gasteiger charge is -2.39. The number of nitrogens with zero attached hydrogens (tertiary/aromatic N) is 1. The number of rotatable bonds is 3. The minimum absolute atomic E-state index is 0.489. The summed E-state index contributed by atoms with van der Waals surface area (Å²) in [4.78, 5) is 2.51. The SMILES string of the molecule is CN1CCCC1CNC1CSCCC1(C)C. The molecule has 2 atom stereocenters. The molecule has 2 saturated heterocycles. The standard InChI is InChI=1S/C13H26N2S/c1-13(2)6-8-16-10-12(13)14-9-11-5-4-7-15(11)3/h11-12,14H,4-10H2,1-3H3. The first kappa shape index (κ1) is 12.7. The Balaban J connectivity index is 1.80. The summed E-state index contributed by atoms with van der Waals surface area (Å²) in [6, 6.07) is 1.49. The van der Waals surface area contributed by atoms with Gasteiger partial charge in [0.1, 0.15) is 0 Å². The van der Waals surface area contributed by atoms with Gasteiger partial charge in [-0.2, -0.15) is 11.8 Å². The van der Waals surface area contributed by atoms with Crippen LogP contribution in [-0.2, 0) is 0 Å². The monoisotopic (exact) mass is 242 g/mol. The van der Waals surface area contributed by atoms with Gasteiger partial charge in [-0.25, -0.2) is 0 Å². The Labute approximate surface area is 105 Å². The highest BCUT2D eigenvalue weighted by molar-refractivity contribution is 7.99. The molecule has 0 radical (unpaired) electrons. The summed E-state index contributed by atoms with van der Waals surface area (Å²) >= 11 is 2.11. The summed E-state index contributed by atoms with van der Waals surface area (Å²) in [5.41, 5.74) is 0.489. The molecule has 0 bridgehead atoms. The van der Waals surface area contributed by atoms with Crippen LogP contribution in [0.2, 0.25) is 0 Å². The second-order valence-electron chi connectivity index (χ2n) is 6.05. The Morgan fingerprint density at radius 1 is 1.44 bits per heavy atom. The molecule has 2 heterocycles. The minimum Gasteiger partial charge on any atom is -0.311 e. The molecule has 2 aliphatic rings. The molecule has 2 aliphatic heterocycles. The van der Waals surface area contributed by atoms with Gasteiger partial charge in [0.15, 0.2) is 0 Å². The molecule has 2 fully saturated rings. The summed E-state index contributed by atoms with van der Waals surface area (Å²) in [6.45, 7) is 7.31. The van der Waals surface area contributed by atoms with E-state index in [0.717, 1.165) is 6.04 Å². The van der Waals surface area contributed by atoms with Crippen molar-refractivity contribution < 1.29 is 0 Å². The van der Waals surface area contributed by atoms with E-state index in [4.69, 9.17) is 0 Å². The lowest BCUT2D eigenvalue weighted by molar-refractivity contribution is 0.221. The van der Waals surface area contributed by atoms with Crippen LogP contribution in [-0.4, -0.2) is 48.6 Å². The van der Waals surface area contributed by atoms with Gasteiger partial charge in [0.05, 0.1) is 0 Å². The predicted molar refractivity (Wildman–Crippen MR) is 73.2 cm³/mol.